The highest BCUT2D eigenvalue weighted by atomic mass is 16.5. The Morgan fingerprint density at radius 3 is 2.49 bits per heavy atom. The lowest BCUT2D eigenvalue weighted by atomic mass is 9.90. The Labute approximate surface area is 215 Å². The van der Waals surface area contributed by atoms with Crippen LogP contribution in [-0.2, 0) is 21.4 Å². The van der Waals surface area contributed by atoms with Crippen LogP contribution in [0.4, 0.5) is 0 Å². The third-order valence-electron chi connectivity index (χ3n) is 7.83. The maximum atomic E-state index is 13.7. The van der Waals surface area contributed by atoms with Crippen molar-refractivity contribution in [3.8, 4) is 11.1 Å². The van der Waals surface area contributed by atoms with Gasteiger partial charge >= 0.3 is 0 Å². The van der Waals surface area contributed by atoms with Gasteiger partial charge in [-0.05, 0) is 30.2 Å². The highest BCUT2D eigenvalue weighted by Gasteiger charge is 2.50. The minimum absolute atomic E-state index is 0.0252. The first-order valence-electron chi connectivity index (χ1n) is 12.8. The minimum atomic E-state index is -1.01. The molecular weight excluding hydrogens is 470 g/mol. The van der Waals surface area contributed by atoms with Gasteiger partial charge in [-0.3, -0.25) is 24.2 Å². The molecule has 0 bridgehead atoms. The number of aliphatic hydroxyl groups excluding tert-OH is 1. The van der Waals surface area contributed by atoms with Gasteiger partial charge in [0.2, 0.25) is 0 Å². The number of nitrogens with zero attached hydrogens (tertiary/aromatic N) is 5. The van der Waals surface area contributed by atoms with E-state index >= 15 is 0 Å². The van der Waals surface area contributed by atoms with Gasteiger partial charge in [-0.1, -0.05) is 30.3 Å². The van der Waals surface area contributed by atoms with Crippen molar-refractivity contribution in [3.63, 3.8) is 0 Å². The summed E-state index contributed by atoms with van der Waals surface area (Å²) < 4.78 is 7.40. The molecule has 2 fully saturated rings. The maximum absolute atomic E-state index is 13.7. The van der Waals surface area contributed by atoms with E-state index in [1.807, 2.05) is 35.0 Å². The van der Waals surface area contributed by atoms with Crippen LogP contribution < -0.4 is 0 Å². The summed E-state index contributed by atoms with van der Waals surface area (Å²) in [5, 5.41) is 15.0. The number of ether oxygens (including phenoxy) is 1. The number of carbonyl (C=O) groups is 2. The third kappa shape index (κ3) is 4.12. The lowest BCUT2D eigenvalue weighted by Crippen LogP contribution is -2.57. The van der Waals surface area contributed by atoms with Crippen LogP contribution in [-0.4, -0.2) is 86.8 Å². The molecule has 1 atom stereocenters. The zero-order valence-corrected chi connectivity index (χ0v) is 21.1. The molecule has 1 spiro atoms. The Balaban J connectivity index is 1.26. The fourth-order valence-electron chi connectivity index (χ4n) is 5.63. The summed E-state index contributed by atoms with van der Waals surface area (Å²) in [5.41, 5.74) is 3.40. The summed E-state index contributed by atoms with van der Waals surface area (Å²) in [6, 6.07) is 14.5. The van der Waals surface area contributed by atoms with Crippen molar-refractivity contribution in [2.24, 2.45) is 18.0 Å². The van der Waals surface area contributed by atoms with Crippen LogP contribution in [0.1, 0.15) is 25.3 Å². The van der Waals surface area contributed by atoms with Crippen LogP contribution in [0.2, 0.25) is 0 Å². The van der Waals surface area contributed by atoms with Crippen LogP contribution in [0, 0.1) is 5.92 Å². The number of rotatable bonds is 5. The Hall–Kier alpha value is -3.56. The van der Waals surface area contributed by atoms with E-state index in [-0.39, 0.29) is 17.7 Å². The third-order valence-corrected chi connectivity index (χ3v) is 7.83. The van der Waals surface area contributed by atoms with Crippen LogP contribution >= 0.6 is 0 Å². The number of aromatic nitrogens is 2. The van der Waals surface area contributed by atoms with Crippen molar-refractivity contribution in [2.75, 3.05) is 32.8 Å². The highest BCUT2D eigenvalue weighted by molar-refractivity contribution is 6.15. The Bertz CT molecular complexity index is 1380. The number of aryl methyl sites for hydroxylation is 1. The lowest BCUT2D eigenvalue weighted by Gasteiger charge is -2.42. The number of benzene rings is 2. The summed E-state index contributed by atoms with van der Waals surface area (Å²) in [6.07, 6.45) is 2.01. The number of carbonyl (C=O) groups excluding carboxylic acids is 2. The molecule has 2 saturated heterocycles. The van der Waals surface area contributed by atoms with Crippen molar-refractivity contribution < 1.29 is 19.4 Å². The second-order valence-electron chi connectivity index (χ2n) is 10.4. The van der Waals surface area contributed by atoms with Gasteiger partial charge in [0.1, 0.15) is 17.5 Å². The molecule has 1 aromatic heterocycles. The number of fused-ring (bicyclic) bond motifs is 1. The highest BCUT2D eigenvalue weighted by Crippen LogP contribution is 2.36. The van der Waals surface area contributed by atoms with E-state index in [2.05, 4.69) is 35.4 Å². The fourth-order valence-corrected chi connectivity index (χ4v) is 5.63. The van der Waals surface area contributed by atoms with Crippen LogP contribution in [0.25, 0.3) is 22.0 Å². The fraction of sp³-hybridized carbons (Fsp3) is 0.429. The van der Waals surface area contributed by atoms with Gasteiger partial charge in [0, 0.05) is 69.6 Å². The predicted octanol–water partition coefficient (Wildman–Crippen LogP) is 2.22. The monoisotopic (exact) mass is 501 g/mol. The SMILES string of the molecule is CC(O)C(=O)N1CC(CN2C(=O)C3(CCOCC3)N=C2c2ccc(-c3ccc4c(cnn4C)c3)cc2)C1. The molecule has 3 aliphatic heterocycles. The van der Waals surface area contributed by atoms with Gasteiger partial charge in [0.25, 0.3) is 11.8 Å². The molecule has 9 heteroatoms. The second-order valence-corrected chi connectivity index (χ2v) is 10.4. The molecule has 0 radical (unpaired) electrons. The predicted molar refractivity (Wildman–Crippen MR) is 139 cm³/mol. The number of hydrogen-bond donors (Lipinski definition) is 1. The number of amides is 2. The molecule has 4 heterocycles. The Morgan fingerprint density at radius 2 is 1.78 bits per heavy atom. The van der Waals surface area contributed by atoms with Gasteiger partial charge in [-0.25, -0.2) is 0 Å². The van der Waals surface area contributed by atoms with Crippen LogP contribution in [0.5, 0.6) is 0 Å². The van der Waals surface area contributed by atoms with E-state index in [1.54, 1.807) is 4.90 Å². The molecule has 37 heavy (non-hydrogen) atoms. The van der Waals surface area contributed by atoms with Crippen molar-refractivity contribution in [1.29, 1.82) is 0 Å². The van der Waals surface area contributed by atoms with Gasteiger partial charge in [0.05, 0.1) is 11.7 Å². The van der Waals surface area contributed by atoms with Gasteiger partial charge in [-0.15, -0.1) is 0 Å². The van der Waals surface area contributed by atoms with E-state index in [0.29, 0.717) is 51.5 Å². The molecule has 1 N–H and O–H groups in total. The van der Waals surface area contributed by atoms with Crippen LogP contribution in [0.3, 0.4) is 0 Å². The molecule has 0 saturated carbocycles. The van der Waals surface area contributed by atoms with E-state index < -0.39 is 11.6 Å². The molecule has 2 aromatic carbocycles. The molecule has 1 unspecified atom stereocenters. The van der Waals surface area contributed by atoms with Crippen molar-refractivity contribution >= 4 is 28.6 Å². The molecule has 3 aromatic rings. The van der Waals surface area contributed by atoms with Crippen LogP contribution in [0.15, 0.2) is 53.7 Å². The second kappa shape index (κ2) is 9.08. The van der Waals surface area contributed by atoms with E-state index in [4.69, 9.17) is 9.73 Å². The van der Waals surface area contributed by atoms with Crippen molar-refractivity contribution in [3.05, 3.63) is 54.2 Å². The summed E-state index contributed by atoms with van der Waals surface area (Å²) in [7, 11) is 1.93. The molecule has 192 valence electrons. The average Bonchev–Trinajstić information content (AvgIpc) is 3.38. The lowest BCUT2D eigenvalue weighted by molar-refractivity contribution is -0.146. The smallest absolute Gasteiger partial charge is 0.256 e. The molecule has 6 rings (SSSR count). The summed E-state index contributed by atoms with van der Waals surface area (Å²) in [4.78, 5) is 34.3. The molecule has 3 aliphatic rings. The summed E-state index contributed by atoms with van der Waals surface area (Å²) >= 11 is 0. The molecule has 0 aliphatic carbocycles. The number of aliphatic imine (C=N–C) groups is 1. The average molecular weight is 502 g/mol. The maximum Gasteiger partial charge on any atom is 0.256 e. The quantitative estimate of drug-likeness (QED) is 0.578. The number of aliphatic hydroxyl groups is 1. The van der Waals surface area contributed by atoms with Gasteiger partial charge < -0.3 is 14.7 Å². The normalized spacial score (nSPS) is 20.4. The summed E-state index contributed by atoms with van der Waals surface area (Å²) in [5.74, 6) is 0.606. The largest absolute Gasteiger partial charge is 0.384 e. The number of likely N-dealkylation sites (tertiary alicyclic amines) is 1. The zero-order valence-electron chi connectivity index (χ0n) is 21.1. The number of amidine groups is 1. The first-order chi connectivity index (χ1) is 17.8. The van der Waals surface area contributed by atoms with Crippen molar-refractivity contribution in [2.45, 2.75) is 31.4 Å². The number of hydrogen-bond acceptors (Lipinski definition) is 6. The molecular formula is C28H31N5O4. The zero-order chi connectivity index (χ0) is 25.7. The van der Waals surface area contributed by atoms with Gasteiger partial charge in [-0.2, -0.15) is 5.10 Å². The van der Waals surface area contributed by atoms with Crippen molar-refractivity contribution in [1.82, 2.24) is 19.6 Å². The first kappa shape index (κ1) is 23.8. The Kier molecular flexibility index (Phi) is 5.84. The van der Waals surface area contributed by atoms with E-state index in [9.17, 15) is 14.7 Å². The summed E-state index contributed by atoms with van der Waals surface area (Å²) in [6.45, 7) is 4.10. The Morgan fingerprint density at radius 1 is 1.11 bits per heavy atom. The molecule has 9 nitrogen and oxygen atoms in total. The topological polar surface area (TPSA) is 100 Å². The van der Waals surface area contributed by atoms with Gasteiger partial charge in [0.15, 0.2) is 0 Å². The standard InChI is InChI=1S/C28H31N5O4/c1-18(34)26(35)32-15-19(16-32)17-33-25(30-28(27(33)36)9-11-37-12-10-28)21-5-3-20(4-6-21)22-7-8-24-23(13-22)14-29-31(24)2/h3-8,13-14,18-19,34H,9-12,15-17H2,1-2H3. The minimum Gasteiger partial charge on any atom is -0.384 e. The van der Waals surface area contributed by atoms with E-state index in [0.717, 1.165) is 27.6 Å². The molecule has 2 amide bonds. The first-order valence-corrected chi connectivity index (χ1v) is 12.8. The van der Waals surface area contributed by atoms with E-state index in [1.165, 1.54) is 6.92 Å².